The fourth-order valence-corrected chi connectivity index (χ4v) is 2.13. The molecule has 0 aliphatic carbocycles. The monoisotopic (exact) mass is 315 g/mol. The number of hydrogen-bond acceptors (Lipinski definition) is 4. The maximum Gasteiger partial charge on any atom is 0.251 e. The van der Waals surface area contributed by atoms with Gasteiger partial charge in [0.15, 0.2) is 0 Å². The molecule has 0 saturated heterocycles. The Balaban J connectivity index is 2.06. The number of methoxy groups -OCH3 is 2. The Morgan fingerprint density at radius 1 is 1.00 bits per heavy atom. The van der Waals surface area contributed by atoms with Crippen LogP contribution in [0, 0.1) is 0 Å². The van der Waals surface area contributed by atoms with Gasteiger partial charge in [-0.05, 0) is 36.8 Å². The van der Waals surface area contributed by atoms with Gasteiger partial charge in [0.25, 0.3) is 5.91 Å². The zero-order valence-electron chi connectivity index (χ0n) is 13.6. The molecule has 23 heavy (non-hydrogen) atoms. The third-order valence-electron chi connectivity index (χ3n) is 3.28. The Morgan fingerprint density at radius 2 is 1.70 bits per heavy atom. The van der Waals surface area contributed by atoms with Crippen molar-refractivity contribution in [3.8, 4) is 17.2 Å². The van der Waals surface area contributed by atoms with Crippen LogP contribution in [0.5, 0.6) is 17.2 Å². The second-order valence-electron chi connectivity index (χ2n) is 4.86. The van der Waals surface area contributed by atoms with Crippen LogP contribution < -0.4 is 19.5 Å². The van der Waals surface area contributed by atoms with Crippen LogP contribution in [0.15, 0.2) is 42.5 Å². The highest BCUT2D eigenvalue weighted by Crippen LogP contribution is 2.22. The highest BCUT2D eigenvalue weighted by molar-refractivity contribution is 5.95. The topological polar surface area (TPSA) is 56.8 Å². The summed E-state index contributed by atoms with van der Waals surface area (Å²) in [4.78, 5) is 12.3. The van der Waals surface area contributed by atoms with E-state index in [9.17, 15) is 4.79 Å². The van der Waals surface area contributed by atoms with E-state index >= 15 is 0 Å². The molecule has 2 aromatic carbocycles. The molecule has 0 fully saturated rings. The van der Waals surface area contributed by atoms with Gasteiger partial charge in [-0.25, -0.2) is 0 Å². The first kappa shape index (κ1) is 16.7. The molecule has 0 unspecified atom stereocenters. The number of nitrogens with one attached hydrogen (secondary N) is 1. The van der Waals surface area contributed by atoms with Crippen LogP contribution in [-0.4, -0.2) is 26.7 Å². The van der Waals surface area contributed by atoms with Crippen molar-refractivity contribution >= 4 is 5.91 Å². The van der Waals surface area contributed by atoms with Crippen molar-refractivity contribution in [3.05, 3.63) is 53.6 Å². The van der Waals surface area contributed by atoms with Crippen LogP contribution in [0.25, 0.3) is 0 Å². The first-order valence-electron chi connectivity index (χ1n) is 7.39. The average molecular weight is 315 g/mol. The van der Waals surface area contributed by atoms with E-state index in [4.69, 9.17) is 14.2 Å². The number of ether oxygens (including phenoxy) is 3. The van der Waals surface area contributed by atoms with E-state index in [1.165, 1.54) is 0 Å². The molecule has 0 aromatic heterocycles. The number of carbonyl (C=O) groups is 1. The zero-order chi connectivity index (χ0) is 16.7. The molecule has 0 spiro atoms. The van der Waals surface area contributed by atoms with Gasteiger partial charge >= 0.3 is 0 Å². The molecule has 0 aliphatic rings. The van der Waals surface area contributed by atoms with Gasteiger partial charge in [-0.3, -0.25) is 4.79 Å². The lowest BCUT2D eigenvalue weighted by Crippen LogP contribution is -2.22. The van der Waals surface area contributed by atoms with E-state index in [1.807, 2.05) is 31.2 Å². The minimum Gasteiger partial charge on any atom is -0.497 e. The summed E-state index contributed by atoms with van der Waals surface area (Å²) >= 11 is 0. The summed E-state index contributed by atoms with van der Waals surface area (Å²) in [5.74, 6) is 1.76. The van der Waals surface area contributed by atoms with Crippen LogP contribution in [0.3, 0.4) is 0 Å². The standard InChI is InChI=1S/C18H21NO4/c1-4-23-15-7-5-6-13(8-15)12-19-18(20)14-9-16(21-2)11-17(10-14)22-3/h5-11H,4,12H2,1-3H3,(H,19,20). The summed E-state index contributed by atoms with van der Waals surface area (Å²) in [6.07, 6.45) is 0. The normalized spacial score (nSPS) is 10.0. The summed E-state index contributed by atoms with van der Waals surface area (Å²) in [5.41, 5.74) is 1.46. The van der Waals surface area contributed by atoms with Crippen LogP contribution in [0.1, 0.15) is 22.8 Å². The summed E-state index contributed by atoms with van der Waals surface area (Å²) in [6, 6.07) is 12.7. The van der Waals surface area contributed by atoms with Crippen LogP contribution >= 0.6 is 0 Å². The second kappa shape index (κ2) is 8.08. The van der Waals surface area contributed by atoms with Crippen molar-refractivity contribution in [1.29, 1.82) is 0 Å². The summed E-state index contributed by atoms with van der Waals surface area (Å²) in [5, 5.41) is 2.88. The minimum atomic E-state index is -0.191. The number of rotatable bonds is 7. The van der Waals surface area contributed by atoms with E-state index in [0.29, 0.717) is 30.2 Å². The molecule has 5 nitrogen and oxygen atoms in total. The lowest BCUT2D eigenvalue weighted by molar-refractivity contribution is 0.0950. The molecular weight excluding hydrogens is 294 g/mol. The highest BCUT2D eigenvalue weighted by Gasteiger charge is 2.10. The molecule has 0 aliphatic heterocycles. The van der Waals surface area contributed by atoms with Crippen molar-refractivity contribution in [2.24, 2.45) is 0 Å². The van der Waals surface area contributed by atoms with Crippen molar-refractivity contribution in [2.45, 2.75) is 13.5 Å². The Labute approximate surface area is 136 Å². The number of carbonyl (C=O) groups excluding carboxylic acids is 1. The van der Waals surface area contributed by atoms with Gasteiger partial charge < -0.3 is 19.5 Å². The molecule has 0 saturated carbocycles. The SMILES string of the molecule is CCOc1cccc(CNC(=O)c2cc(OC)cc(OC)c2)c1. The molecule has 0 heterocycles. The van der Waals surface area contributed by atoms with Crippen LogP contribution in [0.2, 0.25) is 0 Å². The van der Waals surface area contributed by atoms with Crippen molar-refractivity contribution < 1.29 is 19.0 Å². The number of benzene rings is 2. The van der Waals surface area contributed by atoms with Gasteiger partial charge in [0, 0.05) is 18.2 Å². The highest BCUT2D eigenvalue weighted by atomic mass is 16.5. The maximum absolute atomic E-state index is 12.3. The van der Waals surface area contributed by atoms with Gasteiger partial charge in [0.1, 0.15) is 17.2 Å². The molecule has 2 rings (SSSR count). The molecular formula is C18H21NO4. The molecule has 1 N–H and O–H groups in total. The van der Waals surface area contributed by atoms with Gasteiger partial charge in [0.2, 0.25) is 0 Å². The largest absolute Gasteiger partial charge is 0.497 e. The van der Waals surface area contributed by atoms with Crippen molar-refractivity contribution in [1.82, 2.24) is 5.32 Å². The van der Waals surface area contributed by atoms with E-state index in [-0.39, 0.29) is 5.91 Å². The molecule has 122 valence electrons. The average Bonchev–Trinajstić information content (AvgIpc) is 2.59. The van der Waals surface area contributed by atoms with E-state index < -0.39 is 0 Å². The quantitative estimate of drug-likeness (QED) is 0.853. The van der Waals surface area contributed by atoms with E-state index in [0.717, 1.165) is 11.3 Å². The molecule has 0 atom stereocenters. The summed E-state index contributed by atoms with van der Waals surface area (Å²) in [6.45, 7) is 2.96. The maximum atomic E-state index is 12.3. The van der Waals surface area contributed by atoms with Crippen LogP contribution in [0.4, 0.5) is 0 Å². The van der Waals surface area contributed by atoms with Crippen LogP contribution in [-0.2, 0) is 6.54 Å². The Hall–Kier alpha value is -2.69. The minimum absolute atomic E-state index is 0.191. The fourth-order valence-electron chi connectivity index (χ4n) is 2.13. The van der Waals surface area contributed by atoms with Crippen molar-refractivity contribution in [3.63, 3.8) is 0 Å². The molecule has 5 heteroatoms. The second-order valence-corrected chi connectivity index (χ2v) is 4.86. The van der Waals surface area contributed by atoms with Gasteiger partial charge in [-0.2, -0.15) is 0 Å². The predicted molar refractivity (Wildman–Crippen MR) is 88.3 cm³/mol. The number of hydrogen-bond donors (Lipinski definition) is 1. The van der Waals surface area contributed by atoms with Gasteiger partial charge in [-0.1, -0.05) is 12.1 Å². The summed E-state index contributed by atoms with van der Waals surface area (Å²) in [7, 11) is 3.10. The van der Waals surface area contributed by atoms with Crippen molar-refractivity contribution in [2.75, 3.05) is 20.8 Å². The zero-order valence-corrected chi connectivity index (χ0v) is 13.6. The lowest BCUT2D eigenvalue weighted by atomic mass is 10.1. The third-order valence-corrected chi connectivity index (χ3v) is 3.28. The fraction of sp³-hybridized carbons (Fsp3) is 0.278. The Morgan fingerprint density at radius 3 is 2.30 bits per heavy atom. The van der Waals surface area contributed by atoms with E-state index in [2.05, 4.69) is 5.32 Å². The van der Waals surface area contributed by atoms with E-state index in [1.54, 1.807) is 32.4 Å². The Kier molecular flexibility index (Phi) is 5.86. The smallest absolute Gasteiger partial charge is 0.251 e. The lowest BCUT2D eigenvalue weighted by Gasteiger charge is -2.10. The first-order valence-corrected chi connectivity index (χ1v) is 7.39. The third kappa shape index (κ3) is 4.64. The van der Waals surface area contributed by atoms with Gasteiger partial charge in [-0.15, -0.1) is 0 Å². The Bertz CT molecular complexity index is 648. The summed E-state index contributed by atoms with van der Waals surface area (Å²) < 4.78 is 15.8. The van der Waals surface area contributed by atoms with Gasteiger partial charge in [0.05, 0.1) is 20.8 Å². The molecule has 0 bridgehead atoms. The molecule has 2 aromatic rings. The number of amides is 1. The first-order chi connectivity index (χ1) is 11.2. The molecule has 0 radical (unpaired) electrons. The predicted octanol–water partition coefficient (Wildman–Crippen LogP) is 3.03. The molecule has 1 amide bonds.